The van der Waals surface area contributed by atoms with Crippen LogP contribution in [-0.4, -0.2) is 29.6 Å². The van der Waals surface area contributed by atoms with E-state index in [1.165, 1.54) is 0 Å². The average molecular weight is 171 g/mol. The van der Waals surface area contributed by atoms with E-state index >= 15 is 0 Å². The highest BCUT2D eigenvalue weighted by Gasteiger charge is 2.19. The number of aldehydes is 1. The first-order valence-corrected chi connectivity index (χ1v) is 4.61. The van der Waals surface area contributed by atoms with Crippen molar-refractivity contribution in [3.63, 3.8) is 0 Å². The van der Waals surface area contributed by atoms with Gasteiger partial charge in [-0.2, -0.15) is 0 Å². The fourth-order valence-corrected chi connectivity index (χ4v) is 1.65. The molecule has 70 valence electrons. The predicted octanol–water partition coefficient (Wildman–Crippen LogP) is 0.467. The molecule has 12 heavy (non-hydrogen) atoms. The Kier molecular flexibility index (Phi) is 3.69. The Labute approximate surface area is 73.2 Å². The molecule has 0 radical (unpaired) electrons. The van der Waals surface area contributed by atoms with Gasteiger partial charge < -0.3 is 15.2 Å². The van der Waals surface area contributed by atoms with Crippen LogP contribution < -0.4 is 5.32 Å². The fourth-order valence-electron chi connectivity index (χ4n) is 1.65. The summed E-state index contributed by atoms with van der Waals surface area (Å²) in [5.74, 6) is 0. The molecule has 3 heteroatoms. The summed E-state index contributed by atoms with van der Waals surface area (Å²) in [6, 6.07) is 0.374. The summed E-state index contributed by atoms with van der Waals surface area (Å²) >= 11 is 0. The third kappa shape index (κ3) is 2.91. The monoisotopic (exact) mass is 171 g/mol. The minimum Gasteiger partial charge on any atom is -0.393 e. The van der Waals surface area contributed by atoms with Crippen LogP contribution in [0.2, 0.25) is 0 Å². The molecule has 2 N–H and O–H groups in total. The minimum absolute atomic E-state index is 0.0507. The average Bonchev–Trinajstić information content (AvgIpc) is 2.09. The van der Waals surface area contributed by atoms with E-state index in [0.29, 0.717) is 6.04 Å². The lowest BCUT2D eigenvalue weighted by Gasteiger charge is -2.27. The summed E-state index contributed by atoms with van der Waals surface area (Å²) in [7, 11) is 0. The Bertz CT molecular complexity index is 141. The number of hydrogen-bond donors (Lipinski definition) is 2. The minimum atomic E-state index is -0.116. The van der Waals surface area contributed by atoms with Gasteiger partial charge in [0, 0.05) is 6.04 Å². The van der Waals surface area contributed by atoms with E-state index < -0.39 is 0 Å². The number of aliphatic hydroxyl groups excluding tert-OH is 1. The lowest BCUT2D eigenvalue weighted by atomic mass is 9.93. The van der Waals surface area contributed by atoms with Gasteiger partial charge in [0.1, 0.15) is 6.29 Å². The molecule has 1 aliphatic carbocycles. The Morgan fingerprint density at radius 3 is 2.50 bits per heavy atom. The van der Waals surface area contributed by atoms with E-state index in [0.717, 1.165) is 32.0 Å². The van der Waals surface area contributed by atoms with Gasteiger partial charge in [0.25, 0.3) is 0 Å². The van der Waals surface area contributed by atoms with E-state index in [4.69, 9.17) is 0 Å². The quantitative estimate of drug-likeness (QED) is 0.607. The van der Waals surface area contributed by atoms with E-state index in [9.17, 15) is 9.90 Å². The zero-order valence-electron chi connectivity index (χ0n) is 7.49. The molecule has 1 atom stereocenters. The highest BCUT2D eigenvalue weighted by molar-refractivity contribution is 5.56. The van der Waals surface area contributed by atoms with Gasteiger partial charge >= 0.3 is 0 Å². The number of nitrogens with one attached hydrogen (secondary N) is 1. The lowest BCUT2D eigenvalue weighted by molar-refractivity contribution is -0.109. The first-order chi connectivity index (χ1) is 5.72. The summed E-state index contributed by atoms with van der Waals surface area (Å²) in [5, 5.41) is 12.4. The zero-order chi connectivity index (χ0) is 8.97. The Morgan fingerprint density at radius 1 is 1.42 bits per heavy atom. The molecule has 0 aromatic heterocycles. The van der Waals surface area contributed by atoms with Gasteiger partial charge in [-0.3, -0.25) is 0 Å². The maximum atomic E-state index is 10.3. The highest BCUT2D eigenvalue weighted by atomic mass is 16.3. The molecule has 1 saturated carbocycles. The van der Waals surface area contributed by atoms with Gasteiger partial charge in [0.05, 0.1) is 12.1 Å². The van der Waals surface area contributed by atoms with Crippen molar-refractivity contribution < 1.29 is 9.90 Å². The van der Waals surface area contributed by atoms with Crippen molar-refractivity contribution in [3.8, 4) is 0 Å². The second-order valence-electron chi connectivity index (χ2n) is 3.60. The van der Waals surface area contributed by atoms with Crippen LogP contribution in [0.4, 0.5) is 0 Å². The standard InChI is InChI=1S/C9H17NO2/c1-7(6-11)10-8-2-4-9(12)5-3-8/h6-10,12H,2-5H2,1H3. The zero-order valence-corrected chi connectivity index (χ0v) is 7.49. The van der Waals surface area contributed by atoms with Crippen molar-refractivity contribution in [1.29, 1.82) is 0 Å². The summed E-state index contributed by atoms with van der Waals surface area (Å²) in [6.45, 7) is 1.86. The molecular weight excluding hydrogens is 154 g/mol. The maximum Gasteiger partial charge on any atom is 0.136 e. The van der Waals surface area contributed by atoms with E-state index in [2.05, 4.69) is 5.32 Å². The largest absolute Gasteiger partial charge is 0.393 e. The third-order valence-corrected chi connectivity index (χ3v) is 2.40. The summed E-state index contributed by atoms with van der Waals surface area (Å²) in [4.78, 5) is 10.3. The SMILES string of the molecule is CC(C=O)NC1CCC(O)CC1. The van der Waals surface area contributed by atoms with E-state index in [-0.39, 0.29) is 12.1 Å². The van der Waals surface area contributed by atoms with Crippen molar-refractivity contribution >= 4 is 6.29 Å². The summed E-state index contributed by atoms with van der Waals surface area (Å²) in [6.07, 6.45) is 4.51. The van der Waals surface area contributed by atoms with Crippen LogP contribution in [0.15, 0.2) is 0 Å². The molecule has 3 nitrogen and oxygen atoms in total. The number of carbonyl (C=O) groups is 1. The summed E-state index contributed by atoms with van der Waals surface area (Å²) < 4.78 is 0. The molecule has 0 aromatic rings. The van der Waals surface area contributed by atoms with Crippen molar-refractivity contribution in [2.75, 3.05) is 0 Å². The summed E-state index contributed by atoms with van der Waals surface area (Å²) in [5.41, 5.74) is 0. The second kappa shape index (κ2) is 4.58. The van der Waals surface area contributed by atoms with E-state index in [1.807, 2.05) is 6.92 Å². The maximum absolute atomic E-state index is 10.3. The Hall–Kier alpha value is -0.410. The van der Waals surface area contributed by atoms with Crippen LogP contribution in [0.5, 0.6) is 0 Å². The molecule has 0 bridgehead atoms. The molecule has 1 aliphatic rings. The number of carbonyl (C=O) groups excluding carboxylic acids is 1. The molecule has 0 saturated heterocycles. The molecule has 0 aliphatic heterocycles. The molecule has 1 unspecified atom stereocenters. The third-order valence-electron chi connectivity index (χ3n) is 2.40. The van der Waals surface area contributed by atoms with Gasteiger partial charge in [-0.25, -0.2) is 0 Å². The number of rotatable bonds is 3. The Morgan fingerprint density at radius 2 is 2.00 bits per heavy atom. The van der Waals surface area contributed by atoms with Crippen molar-refractivity contribution in [2.45, 2.75) is 50.8 Å². The van der Waals surface area contributed by atoms with E-state index in [1.54, 1.807) is 0 Å². The van der Waals surface area contributed by atoms with Gasteiger partial charge in [0.2, 0.25) is 0 Å². The van der Waals surface area contributed by atoms with Gasteiger partial charge in [-0.1, -0.05) is 0 Å². The highest BCUT2D eigenvalue weighted by Crippen LogP contribution is 2.18. The predicted molar refractivity (Wildman–Crippen MR) is 46.9 cm³/mol. The first kappa shape index (κ1) is 9.68. The molecule has 1 rings (SSSR count). The van der Waals surface area contributed by atoms with Crippen LogP contribution in [0.25, 0.3) is 0 Å². The molecular formula is C9H17NO2. The first-order valence-electron chi connectivity index (χ1n) is 4.61. The smallest absolute Gasteiger partial charge is 0.136 e. The van der Waals surface area contributed by atoms with Crippen molar-refractivity contribution in [3.05, 3.63) is 0 Å². The fraction of sp³-hybridized carbons (Fsp3) is 0.889. The second-order valence-corrected chi connectivity index (χ2v) is 3.60. The van der Waals surface area contributed by atoms with Crippen molar-refractivity contribution in [2.24, 2.45) is 0 Å². The van der Waals surface area contributed by atoms with Crippen LogP contribution in [0.3, 0.4) is 0 Å². The molecule has 0 aromatic carbocycles. The van der Waals surface area contributed by atoms with Crippen LogP contribution in [0, 0.1) is 0 Å². The van der Waals surface area contributed by atoms with Gasteiger partial charge in [0.15, 0.2) is 0 Å². The molecule has 1 fully saturated rings. The molecule has 0 spiro atoms. The van der Waals surface area contributed by atoms with Crippen LogP contribution in [0.1, 0.15) is 32.6 Å². The van der Waals surface area contributed by atoms with Crippen LogP contribution >= 0.6 is 0 Å². The number of hydrogen-bond acceptors (Lipinski definition) is 3. The lowest BCUT2D eigenvalue weighted by Crippen LogP contribution is -2.40. The normalized spacial score (nSPS) is 32.8. The van der Waals surface area contributed by atoms with Gasteiger partial charge in [-0.15, -0.1) is 0 Å². The van der Waals surface area contributed by atoms with Crippen molar-refractivity contribution in [1.82, 2.24) is 5.32 Å². The number of aliphatic hydroxyl groups is 1. The molecule has 0 amide bonds. The van der Waals surface area contributed by atoms with Gasteiger partial charge in [-0.05, 0) is 32.6 Å². The topological polar surface area (TPSA) is 49.3 Å². The molecule has 0 heterocycles. The van der Waals surface area contributed by atoms with Crippen LogP contribution in [-0.2, 0) is 4.79 Å². The Balaban J connectivity index is 2.21.